The zero-order valence-corrected chi connectivity index (χ0v) is 11.1. The van der Waals surface area contributed by atoms with E-state index in [0.717, 1.165) is 17.4 Å². The summed E-state index contributed by atoms with van der Waals surface area (Å²) >= 11 is 0. The molecule has 0 fully saturated rings. The van der Waals surface area contributed by atoms with Crippen LogP contribution in [0, 0.1) is 0 Å². The van der Waals surface area contributed by atoms with Crippen LogP contribution in [0.4, 0.5) is 5.69 Å². The molecule has 20 heavy (non-hydrogen) atoms. The molecule has 0 aliphatic heterocycles. The number of para-hydroxylation sites is 1. The van der Waals surface area contributed by atoms with E-state index in [2.05, 4.69) is 15.4 Å². The average molecular weight is 266 g/mol. The minimum atomic E-state index is -0.227. The number of hydrogen-bond donors (Lipinski definition) is 1. The first-order valence-corrected chi connectivity index (χ1v) is 6.46. The van der Waals surface area contributed by atoms with Gasteiger partial charge in [-0.3, -0.25) is 14.5 Å². The van der Waals surface area contributed by atoms with Crippen LogP contribution in [0.25, 0.3) is 10.9 Å². The molecule has 0 saturated carbocycles. The Balaban J connectivity index is 1.91. The minimum Gasteiger partial charge on any atom is -0.319 e. The Kier molecular flexibility index (Phi) is 3.16. The van der Waals surface area contributed by atoms with E-state index in [9.17, 15) is 4.79 Å². The highest BCUT2D eigenvalue weighted by Crippen LogP contribution is 2.21. The lowest BCUT2D eigenvalue weighted by Gasteiger charge is -2.06. The van der Waals surface area contributed by atoms with Gasteiger partial charge in [0.15, 0.2) is 5.69 Å². The Bertz CT molecular complexity index is 758. The van der Waals surface area contributed by atoms with Gasteiger partial charge >= 0.3 is 0 Å². The van der Waals surface area contributed by atoms with E-state index in [1.165, 1.54) is 0 Å². The number of aromatic nitrogens is 3. The number of pyridine rings is 1. The molecule has 0 aliphatic rings. The Labute approximate surface area is 116 Å². The lowest BCUT2D eigenvalue weighted by Crippen LogP contribution is -2.13. The van der Waals surface area contributed by atoms with Crippen LogP contribution in [0.2, 0.25) is 0 Å². The van der Waals surface area contributed by atoms with Gasteiger partial charge in [0, 0.05) is 24.3 Å². The van der Waals surface area contributed by atoms with Gasteiger partial charge in [-0.2, -0.15) is 5.10 Å². The molecule has 2 aromatic heterocycles. The Morgan fingerprint density at radius 3 is 2.90 bits per heavy atom. The molecule has 1 amide bonds. The maximum absolute atomic E-state index is 12.2. The van der Waals surface area contributed by atoms with Crippen molar-refractivity contribution in [3.63, 3.8) is 0 Å². The summed E-state index contributed by atoms with van der Waals surface area (Å²) in [7, 11) is 0. The lowest BCUT2D eigenvalue weighted by molar-refractivity contribution is 0.102. The molecule has 1 aromatic carbocycles. The monoisotopic (exact) mass is 266 g/mol. The molecule has 0 aliphatic carbocycles. The second-order valence-corrected chi connectivity index (χ2v) is 4.39. The maximum Gasteiger partial charge on any atom is 0.276 e. The van der Waals surface area contributed by atoms with Gasteiger partial charge in [0.05, 0.1) is 11.2 Å². The van der Waals surface area contributed by atoms with Gasteiger partial charge in [0.1, 0.15) is 0 Å². The van der Waals surface area contributed by atoms with Gasteiger partial charge in [-0.05, 0) is 25.1 Å². The third kappa shape index (κ3) is 2.25. The molecule has 3 rings (SSSR count). The Morgan fingerprint density at radius 2 is 2.10 bits per heavy atom. The highest BCUT2D eigenvalue weighted by molar-refractivity contribution is 6.07. The summed E-state index contributed by atoms with van der Waals surface area (Å²) in [6, 6.07) is 11.2. The van der Waals surface area contributed by atoms with Crippen molar-refractivity contribution >= 4 is 22.5 Å². The van der Waals surface area contributed by atoms with Crippen molar-refractivity contribution in [3.8, 4) is 0 Å². The third-order valence-corrected chi connectivity index (χ3v) is 3.08. The van der Waals surface area contributed by atoms with Crippen molar-refractivity contribution in [1.29, 1.82) is 0 Å². The fourth-order valence-corrected chi connectivity index (χ4v) is 2.05. The van der Waals surface area contributed by atoms with E-state index in [0.29, 0.717) is 11.4 Å². The van der Waals surface area contributed by atoms with Gasteiger partial charge in [0.25, 0.3) is 5.91 Å². The molecule has 0 spiro atoms. The molecule has 2 heterocycles. The number of anilines is 1. The number of hydrogen-bond acceptors (Lipinski definition) is 3. The average Bonchev–Trinajstić information content (AvgIpc) is 2.97. The van der Waals surface area contributed by atoms with Crippen LogP contribution in [-0.4, -0.2) is 20.7 Å². The van der Waals surface area contributed by atoms with E-state index in [1.807, 2.05) is 37.3 Å². The van der Waals surface area contributed by atoms with Gasteiger partial charge in [0.2, 0.25) is 0 Å². The van der Waals surface area contributed by atoms with E-state index < -0.39 is 0 Å². The summed E-state index contributed by atoms with van der Waals surface area (Å²) in [5, 5.41) is 8.04. The maximum atomic E-state index is 12.2. The predicted molar refractivity (Wildman–Crippen MR) is 77.6 cm³/mol. The van der Waals surface area contributed by atoms with Crippen molar-refractivity contribution in [2.75, 3.05) is 5.32 Å². The minimum absolute atomic E-state index is 0.227. The Morgan fingerprint density at radius 1 is 1.25 bits per heavy atom. The largest absolute Gasteiger partial charge is 0.319 e. The standard InChI is InChI=1S/C15H14N4O/c1-2-19-10-8-13(18-19)15(20)17-12-7-3-5-11-6-4-9-16-14(11)12/h3-10H,2H2,1H3,(H,17,20). The van der Waals surface area contributed by atoms with Crippen LogP contribution in [0.15, 0.2) is 48.8 Å². The van der Waals surface area contributed by atoms with E-state index in [4.69, 9.17) is 0 Å². The first kappa shape index (κ1) is 12.3. The summed E-state index contributed by atoms with van der Waals surface area (Å²) in [5.74, 6) is -0.227. The molecule has 0 atom stereocenters. The zero-order chi connectivity index (χ0) is 13.9. The third-order valence-electron chi connectivity index (χ3n) is 3.08. The van der Waals surface area contributed by atoms with Crippen LogP contribution in [0.5, 0.6) is 0 Å². The zero-order valence-electron chi connectivity index (χ0n) is 11.1. The van der Waals surface area contributed by atoms with Crippen LogP contribution in [0.3, 0.4) is 0 Å². The van der Waals surface area contributed by atoms with Crippen molar-refractivity contribution in [2.24, 2.45) is 0 Å². The van der Waals surface area contributed by atoms with Crippen LogP contribution in [-0.2, 0) is 6.54 Å². The molecule has 5 heteroatoms. The molecular formula is C15H14N4O. The molecule has 0 bridgehead atoms. The van der Waals surface area contributed by atoms with Gasteiger partial charge in [-0.15, -0.1) is 0 Å². The molecule has 100 valence electrons. The van der Waals surface area contributed by atoms with Crippen molar-refractivity contribution in [1.82, 2.24) is 14.8 Å². The quantitative estimate of drug-likeness (QED) is 0.793. The van der Waals surface area contributed by atoms with Crippen LogP contribution < -0.4 is 5.32 Å². The van der Waals surface area contributed by atoms with Crippen LogP contribution >= 0.6 is 0 Å². The number of fused-ring (bicyclic) bond motifs is 1. The number of nitrogens with one attached hydrogen (secondary N) is 1. The normalized spacial score (nSPS) is 10.7. The summed E-state index contributed by atoms with van der Waals surface area (Å²) in [6.45, 7) is 2.71. The molecule has 5 nitrogen and oxygen atoms in total. The summed E-state index contributed by atoms with van der Waals surface area (Å²) in [6.07, 6.45) is 3.50. The number of benzene rings is 1. The van der Waals surface area contributed by atoms with E-state index in [1.54, 1.807) is 23.1 Å². The van der Waals surface area contributed by atoms with Crippen LogP contribution in [0.1, 0.15) is 17.4 Å². The highest BCUT2D eigenvalue weighted by atomic mass is 16.1. The number of rotatable bonds is 3. The molecule has 1 N–H and O–H groups in total. The second kappa shape index (κ2) is 5.13. The van der Waals surface area contributed by atoms with Gasteiger partial charge < -0.3 is 5.32 Å². The summed E-state index contributed by atoms with van der Waals surface area (Å²) in [4.78, 5) is 16.5. The first-order valence-electron chi connectivity index (χ1n) is 6.46. The number of carbonyl (C=O) groups excluding carboxylic acids is 1. The van der Waals surface area contributed by atoms with Gasteiger partial charge in [-0.1, -0.05) is 18.2 Å². The number of aryl methyl sites for hydroxylation is 1. The van der Waals surface area contributed by atoms with Crippen molar-refractivity contribution < 1.29 is 4.79 Å². The molecule has 0 radical (unpaired) electrons. The lowest BCUT2D eigenvalue weighted by atomic mass is 10.2. The fraction of sp³-hybridized carbons (Fsp3) is 0.133. The second-order valence-electron chi connectivity index (χ2n) is 4.39. The number of carbonyl (C=O) groups is 1. The smallest absolute Gasteiger partial charge is 0.276 e. The van der Waals surface area contributed by atoms with Crippen molar-refractivity contribution in [2.45, 2.75) is 13.5 Å². The molecule has 0 saturated heterocycles. The topological polar surface area (TPSA) is 59.8 Å². The SMILES string of the molecule is CCn1ccc(C(=O)Nc2cccc3cccnc23)n1. The number of nitrogens with zero attached hydrogens (tertiary/aromatic N) is 3. The first-order chi connectivity index (χ1) is 9.78. The Hall–Kier alpha value is -2.69. The highest BCUT2D eigenvalue weighted by Gasteiger charge is 2.11. The van der Waals surface area contributed by atoms with Gasteiger partial charge in [-0.25, -0.2) is 0 Å². The number of amides is 1. The molecular weight excluding hydrogens is 252 g/mol. The predicted octanol–water partition coefficient (Wildman–Crippen LogP) is 2.70. The molecule has 0 unspecified atom stereocenters. The van der Waals surface area contributed by atoms with E-state index in [-0.39, 0.29) is 5.91 Å². The van der Waals surface area contributed by atoms with Crippen molar-refractivity contribution in [3.05, 3.63) is 54.5 Å². The summed E-state index contributed by atoms with van der Waals surface area (Å²) < 4.78 is 1.72. The fourth-order valence-electron chi connectivity index (χ4n) is 2.05. The summed E-state index contributed by atoms with van der Waals surface area (Å²) in [5.41, 5.74) is 1.87. The molecule has 3 aromatic rings. The van der Waals surface area contributed by atoms with E-state index >= 15 is 0 Å².